The summed E-state index contributed by atoms with van der Waals surface area (Å²) in [5.74, 6) is 0.525. The first-order valence-corrected chi connectivity index (χ1v) is 7.25. The fourth-order valence-electron chi connectivity index (χ4n) is 2.78. The molecule has 0 bridgehead atoms. The topological polar surface area (TPSA) is 17.8 Å². The van der Waals surface area contributed by atoms with E-state index in [-0.39, 0.29) is 0 Å². The highest BCUT2D eigenvalue weighted by Crippen LogP contribution is 2.37. The van der Waals surface area contributed by atoms with E-state index < -0.39 is 0 Å². The van der Waals surface area contributed by atoms with Crippen molar-refractivity contribution in [1.29, 1.82) is 0 Å². The molecule has 2 heteroatoms. The van der Waals surface area contributed by atoms with Gasteiger partial charge >= 0.3 is 0 Å². The molecule has 1 aromatic heterocycles. The first kappa shape index (κ1) is 13.6. The molecule has 1 aromatic rings. The van der Waals surface area contributed by atoms with Crippen LogP contribution < -0.4 is 0 Å². The molecule has 102 valence electrons. The van der Waals surface area contributed by atoms with Crippen molar-refractivity contribution in [2.75, 3.05) is 0 Å². The maximum absolute atomic E-state index is 4.83. The van der Waals surface area contributed by atoms with E-state index in [0.29, 0.717) is 16.7 Å². The lowest BCUT2D eigenvalue weighted by molar-refractivity contribution is 0.182. The Bertz CT molecular complexity index is 389. The van der Waals surface area contributed by atoms with E-state index in [1.54, 1.807) is 0 Å². The van der Waals surface area contributed by atoms with Crippen molar-refractivity contribution in [3.8, 4) is 0 Å². The molecular formula is C16H28N2. The lowest BCUT2D eigenvalue weighted by Crippen LogP contribution is -2.29. The summed E-state index contributed by atoms with van der Waals surface area (Å²) >= 11 is 0. The maximum atomic E-state index is 4.83. The van der Waals surface area contributed by atoms with Crippen LogP contribution in [0.2, 0.25) is 0 Å². The van der Waals surface area contributed by atoms with E-state index in [1.807, 2.05) is 0 Å². The zero-order valence-corrected chi connectivity index (χ0v) is 12.9. The van der Waals surface area contributed by atoms with Gasteiger partial charge in [0.2, 0.25) is 0 Å². The van der Waals surface area contributed by atoms with Crippen LogP contribution in [0.5, 0.6) is 0 Å². The van der Waals surface area contributed by atoms with Crippen LogP contribution in [-0.2, 0) is 13.0 Å². The van der Waals surface area contributed by atoms with Gasteiger partial charge in [0.15, 0.2) is 0 Å². The summed E-state index contributed by atoms with van der Waals surface area (Å²) in [6.07, 6.45) is 3.75. The quantitative estimate of drug-likeness (QED) is 0.720. The Balaban J connectivity index is 2.40. The Labute approximate surface area is 112 Å². The van der Waals surface area contributed by atoms with Crippen LogP contribution in [0.3, 0.4) is 0 Å². The second kappa shape index (κ2) is 4.40. The van der Waals surface area contributed by atoms with Crippen molar-refractivity contribution < 1.29 is 0 Å². The molecule has 0 N–H and O–H groups in total. The highest BCUT2D eigenvalue weighted by molar-refractivity contribution is 5.15. The smallest absolute Gasteiger partial charge is 0.0652 e. The summed E-state index contributed by atoms with van der Waals surface area (Å²) < 4.78 is 2.27. The van der Waals surface area contributed by atoms with Gasteiger partial charge in [-0.25, -0.2) is 0 Å². The van der Waals surface area contributed by atoms with E-state index in [4.69, 9.17) is 5.10 Å². The molecule has 0 saturated heterocycles. The highest BCUT2D eigenvalue weighted by Gasteiger charge is 2.30. The third-order valence-electron chi connectivity index (χ3n) is 4.19. The summed E-state index contributed by atoms with van der Waals surface area (Å²) in [5.41, 5.74) is 3.42. The Morgan fingerprint density at radius 3 is 2.33 bits per heavy atom. The van der Waals surface area contributed by atoms with Crippen LogP contribution in [0.15, 0.2) is 6.07 Å². The Morgan fingerprint density at radius 2 is 1.72 bits per heavy atom. The number of nitrogens with zero attached hydrogens (tertiary/aromatic N) is 2. The fourth-order valence-corrected chi connectivity index (χ4v) is 2.78. The van der Waals surface area contributed by atoms with Crippen molar-refractivity contribution in [2.45, 2.75) is 73.3 Å². The first-order valence-electron chi connectivity index (χ1n) is 7.25. The predicted octanol–water partition coefficient (Wildman–Crippen LogP) is 4.40. The molecular weight excluding hydrogens is 220 g/mol. The minimum absolute atomic E-state index is 0.354. The number of aromatic nitrogens is 2. The Morgan fingerprint density at radius 1 is 1.11 bits per heavy atom. The average Bonchev–Trinajstić information content (AvgIpc) is 2.56. The van der Waals surface area contributed by atoms with E-state index >= 15 is 0 Å². The summed E-state index contributed by atoms with van der Waals surface area (Å²) in [5, 5.41) is 4.83. The Kier molecular flexibility index (Phi) is 3.33. The molecule has 0 spiro atoms. The van der Waals surface area contributed by atoms with Crippen molar-refractivity contribution >= 4 is 0 Å². The highest BCUT2D eigenvalue weighted by atomic mass is 15.3. The minimum atomic E-state index is 0.354. The van der Waals surface area contributed by atoms with Gasteiger partial charge in [-0.2, -0.15) is 5.10 Å². The van der Waals surface area contributed by atoms with Crippen molar-refractivity contribution in [2.24, 2.45) is 10.8 Å². The van der Waals surface area contributed by atoms with Gasteiger partial charge in [0.25, 0.3) is 0 Å². The number of fused-ring (bicyclic) bond motifs is 1. The van der Waals surface area contributed by atoms with E-state index in [1.165, 1.54) is 24.2 Å². The zero-order valence-electron chi connectivity index (χ0n) is 12.9. The van der Waals surface area contributed by atoms with Crippen molar-refractivity contribution in [3.63, 3.8) is 0 Å². The molecule has 2 nitrogen and oxygen atoms in total. The molecule has 2 heterocycles. The zero-order chi connectivity index (χ0) is 13.6. The molecule has 0 saturated carbocycles. The summed E-state index contributed by atoms with van der Waals surface area (Å²) in [6.45, 7) is 15.0. The van der Waals surface area contributed by atoms with Crippen LogP contribution in [0.4, 0.5) is 0 Å². The number of hydrogen-bond donors (Lipinski definition) is 0. The van der Waals surface area contributed by atoms with Gasteiger partial charge in [0.05, 0.1) is 5.69 Å². The van der Waals surface area contributed by atoms with Crippen LogP contribution in [-0.4, -0.2) is 9.78 Å². The van der Waals surface area contributed by atoms with Gasteiger partial charge in [-0.3, -0.25) is 4.68 Å². The number of hydrogen-bond acceptors (Lipinski definition) is 1. The van der Waals surface area contributed by atoms with Crippen LogP contribution in [0.1, 0.15) is 71.7 Å². The molecule has 0 aromatic carbocycles. The van der Waals surface area contributed by atoms with E-state index in [0.717, 1.165) is 13.0 Å². The molecule has 18 heavy (non-hydrogen) atoms. The maximum Gasteiger partial charge on any atom is 0.0652 e. The lowest BCUT2D eigenvalue weighted by atomic mass is 9.75. The van der Waals surface area contributed by atoms with Gasteiger partial charge in [-0.15, -0.1) is 0 Å². The van der Waals surface area contributed by atoms with Gasteiger partial charge in [0.1, 0.15) is 0 Å². The normalized spacial score (nSPS) is 22.4. The SMILES string of the molecule is CC(C)c1cc2n(n1)CC(C)(C)CCC(C)(C)C2. The van der Waals surface area contributed by atoms with E-state index in [2.05, 4.69) is 52.3 Å². The number of rotatable bonds is 1. The Hall–Kier alpha value is -0.790. The van der Waals surface area contributed by atoms with Gasteiger partial charge in [0, 0.05) is 12.2 Å². The molecule has 2 rings (SSSR count). The second-order valence-electron chi connectivity index (χ2n) is 7.88. The third kappa shape index (κ3) is 2.96. The molecule has 0 aliphatic carbocycles. The average molecular weight is 248 g/mol. The summed E-state index contributed by atoms with van der Waals surface area (Å²) in [6, 6.07) is 2.33. The molecule has 1 aliphatic rings. The summed E-state index contributed by atoms with van der Waals surface area (Å²) in [4.78, 5) is 0. The predicted molar refractivity (Wildman–Crippen MR) is 76.8 cm³/mol. The third-order valence-corrected chi connectivity index (χ3v) is 4.19. The first-order chi connectivity index (χ1) is 8.19. The van der Waals surface area contributed by atoms with Crippen LogP contribution in [0.25, 0.3) is 0 Å². The largest absolute Gasteiger partial charge is 0.269 e. The second-order valence-corrected chi connectivity index (χ2v) is 7.88. The molecule has 1 aliphatic heterocycles. The monoisotopic (exact) mass is 248 g/mol. The molecule has 0 radical (unpaired) electrons. The summed E-state index contributed by atoms with van der Waals surface area (Å²) in [7, 11) is 0. The minimum Gasteiger partial charge on any atom is -0.269 e. The standard InChI is InChI=1S/C16H28N2/c1-12(2)14-9-13-10-15(3,4)7-8-16(5,6)11-18(13)17-14/h9,12H,7-8,10-11H2,1-6H3. The van der Waals surface area contributed by atoms with Gasteiger partial charge < -0.3 is 0 Å². The molecule has 0 atom stereocenters. The molecule has 0 amide bonds. The molecule has 0 unspecified atom stereocenters. The van der Waals surface area contributed by atoms with Gasteiger partial charge in [-0.1, -0.05) is 41.5 Å². The van der Waals surface area contributed by atoms with Crippen LogP contribution >= 0.6 is 0 Å². The molecule has 0 fully saturated rings. The lowest BCUT2D eigenvalue weighted by Gasteiger charge is -2.35. The fraction of sp³-hybridized carbons (Fsp3) is 0.812. The van der Waals surface area contributed by atoms with Crippen LogP contribution in [0, 0.1) is 10.8 Å². The van der Waals surface area contributed by atoms with Gasteiger partial charge in [-0.05, 0) is 42.1 Å². The van der Waals surface area contributed by atoms with Crippen molar-refractivity contribution in [3.05, 3.63) is 17.5 Å². The van der Waals surface area contributed by atoms with Crippen molar-refractivity contribution in [1.82, 2.24) is 9.78 Å². The van der Waals surface area contributed by atoms with E-state index in [9.17, 15) is 0 Å².